The van der Waals surface area contributed by atoms with E-state index in [1.807, 2.05) is 6.07 Å². The number of nitrogens with zero attached hydrogens (tertiary/aromatic N) is 5. The molecule has 1 heterocycles. The monoisotopic (exact) mass is 287 g/mol. The van der Waals surface area contributed by atoms with Crippen LogP contribution in [-0.4, -0.2) is 19.8 Å². The third-order valence-corrected chi connectivity index (χ3v) is 3.84. The summed E-state index contributed by atoms with van der Waals surface area (Å²) in [6.45, 7) is 0.120. The van der Waals surface area contributed by atoms with Crippen LogP contribution in [0.5, 0.6) is 0 Å². The van der Waals surface area contributed by atoms with Gasteiger partial charge in [0, 0.05) is 0 Å². The average Bonchev–Trinajstić information content (AvgIpc) is 3.11. The van der Waals surface area contributed by atoms with Crippen LogP contribution in [0.4, 0.5) is 4.39 Å². The average molecular weight is 287 g/mol. The van der Waals surface area contributed by atoms with Crippen LogP contribution >= 0.6 is 0 Å². The first-order valence-electron chi connectivity index (χ1n) is 6.90. The summed E-state index contributed by atoms with van der Waals surface area (Å²) in [5.74, 6) is -0.475. The number of aromatic nitrogens is 4. The van der Waals surface area contributed by atoms with E-state index >= 15 is 0 Å². The fourth-order valence-corrected chi connectivity index (χ4v) is 2.72. The third kappa shape index (κ3) is 2.57. The Hall–Kier alpha value is -2.49. The van der Waals surface area contributed by atoms with Gasteiger partial charge in [0.05, 0.1) is 24.2 Å². The zero-order valence-electron chi connectivity index (χ0n) is 11.4. The van der Waals surface area contributed by atoms with Crippen LogP contribution in [0.1, 0.15) is 42.9 Å². The molecule has 1 fully saturated rings. The minimum absolute atomic E-state index is 0.120. The van der Waals surface area contributed by atoms with Gasteiger partial charge in [-0.15, -0.1) is 0 Å². The van der Waals surface area contributed by atoms with Crippen molar-refractivity contribution in [2.45, 2.75) is 38.3 Å². The van der Waals surface area contributed by atoms with Gasteiger partial charge in [0.25, 0.3) is 0 Å². The minimum atomic E-state index is -0.475. The van der Waals surface area contributed by atoms with E-state index in [0.29, 0.717) is 5.56 Å². The molecule has 108 valence electrons. The molecule has 0 spiro atoms. The zero-order valence-corrected chi connectivity index (χ0v) is 11.4. The Morgan fingerprint density at radius 3 is 2.81 bits per heavy atom. The zero-order chi connectivity index (χ0) is 14.8. The van der Waals surface area contributed by atoms with Crippen LogP contribution < -0.4 is 5.69 Å². The normalized spacial score (nSPS) is 15.2. The van der Waals surface area contributed by atoms with Crippen LogP contribution in [0.3, 0.4) is 0 Å². The van der Waals surface area contributed by atoms with E-state index in [0.717, 1.165) is 31.7 Å². The first-order chi connectivity index (χ1) is 10.2. The Morgan fingerprint density at radius 2 is 2.10 bits per heavy atom. The van der Waals surface area contributed by atoms with Crippen LogP contribution in [-0.2, 0) is 6.54 Å². The molecule has 1 aliphatic carbocycles. The summed E-state index contributed by atoms with van der Waals surface area (Å²) in [5.41, 5.74) is 0.479. The fourth-order valence-electron chi connectivity index (χ4n) is 2.72. The molecular formula is C14H14FN5O. The fraction of sp³-hybridized carbons (Fsp3) is 0.429. The van der Waals surface area contributed by atoms with Gasteiger partial charge in [-0.3, -0.25) is 0 Å². The van der Waals surface area contributed by atoms with Gasteiger partial charge >= 0.3 is 5.69 Å². The van der Waals surface area contributed by atoms with Crippen molar-refractivity contribution in [1.82, 2.24) is 19.8 Å². The highest BCUT2D eigenvalue weighted by Crippen LogP contribution is 2.27. The Kier molecular flexibility index (Phi) is 3.52. The van der Waals surface area contributed by atoms with E-state index in [1.54, 1.807) is 0 Å². The topological polar surface area (TPSA) is 76.5 Å². The van der Waals surface area contributed by atoms with Crippen molar-refractivity contribution in [2.24, 2.45) is 0 Å². The highest BCUT2D eigenvalue weighted by molar-refractivity contribution is 5.37. The van der Waals surface area contributed by atoms with Crippen molar-refractivity contribution in [3.05, 3.63) is 45.6 Å². The second-order valence-electron chi connectivity index (χ2n) is 5.22. The molecule has 6 nitrogen and oxygen atoms in total. The second kappa shape index (κ2) is 5.48. The smallest absolute Gasteiger partial charge is 0.244 e. The maximum atomic E-state index is 13.1. The molecule has 0 bridgehead atoms. The minimum Gasteiger partial charge on any atom is -0.244 e. The molecule has 0 aliphatic heterocycles. The van der Waals surface area contributed by atoms with E-state index in [2.05, 4.69) is 10.4 Å². The van der Waals surface area contributed by atoms with Gasteiger partial charge in [0.15, 0.2) is 0 Å². The van der Waals surface area contributed by atoms with Crippen molar-refractivity contribution >= 4 is 0 Å². The van der Waals surface area contributed by atoms with Gasteiger partial charge in [-0.1, -0.05) is 18.9 Å². The first-order valence-corrected chi connectivity index (χ1v) is 6.90. The molecule has 1 aliphatic rings. The Morgan fingerprint density at radius 1 is 1.33 bits per heavy atom. The number of halogens is 1. The van der Waals surface area contributed by atoms with Gasteiger partial charge in [0.1, 0.15) is 5.82 Å². The lowest BCUT2D eigenvalue weighted by molar-refractivity contribution is 0.441. The van der Waals surface area contributed by atoms with Gasteiger partial charge in [-0.25, -0.2) is 9.18 Å². The van der Waals surface area contributed by atoms with E-state index in [4.69, 9.17) is 5.26 Å². The van der Waals surface area contributed by atoms with Crippen LogP contribution in [0.2, 0.25) is 0 Å². The molecule has 3 rings (SSSR count). The lowest BCUT2D eigenvalue weighted by atomic mass is 10.1. The number of nitriles is 1. The van der Waals surface area contributed by atoms with Crippen LogP contribution in [0.25, 0.3) is 0 Å². The molecule has 1 saturated carbocycles. The molecule has 0 amide bonds. The lowest BCUT2D eigenvalue weighted by Crippen LogP contribution is -2.28. The van der Waals surface area contributed by atoms with Crippen LogP contribution in [0.15, 0.2) is 23.0 Å². The van der Waals surface area contributed by atoms with E-state index in [-0.39, 0.29) is 23.8 Å². The Bertz CT molecular complexity index is 751. The summed E-state index contributed by atoms with van der Waals surface area (Å²) in [4.78, 5) is 12.3. The molecule has 21 heavy (non-hydrogen) atoms. The first kappa shape index (κ1) is 13.5. The summed E-state index contributed by atoms with van der Waals surface area (Å²) in [6, 6.07) is 5.96. The molecule has 0 atom stereocenters. The molecule has 0 saturated heterocycles. The van der Waals surface area contributed by atoms with Gasteiger partial charge in [-0.2, -0.15) is 14.6 Å². The van der Waals surface area contributed by atoms with E-state index in [1.165, 1.54) is 21.5 Å². The number of tetrazole rings is 1. The summed E-state index contributed by atoms with van der Waals surface area (Å²) in [6.07, 6.45) is 4.08. The molecular weight excluding hydrogens is 273 g/mol. The molecule has 0 N–H and O–H groups in total. The van der Waals surface area contributed by atoms with Gasteiger partial charge in [-0.05, 0) is 41.0 Å². The molecule has 0 radical (unpaired) electrons. The quantitative estimate of drug-likeness (QED) is 0.859. The van der Waals surface area contributed by atoms with Gasteiger partial charge < -0.3 is 0 Å². The highest BCUT2D eigenvalue weighted by Gasteiger charge is 2.21. The van der Waals surface area contributed by atoms with Crippen molar-refractivity contribution in [3.8, 4) is 6.07 Å². The maximum absolute atomic E-state index is 13.1. The number of hydrogen-bond acceptors (Lipinski definition) is 4. The highest BCUT2D eigenvalue weighted by atomic mass is 19.1. The maximum Gasteiger partial charge on any atom is 0.364 e. The summed E-state index contributed by atoms with van der Waals surface area (Å²) in [7, 11) is 0. The Balaban J connectivity index is 1.89. The third-order valence-electron chi connectivity index (χ3n) is 3.84. The predicted octanol–water partition coefficient (Wildman–Crippen LogP) is 1.61. The van der Waals surface area contributed by atoms with Crippen molar-refractivity contribution in [1.29, 1.82) is 5.26 Å². The van der Waals surface area contributed by atoms with Crippen molar-refractivity contribution < 1.29 is 4.39 Å². The summed E-state index contributed by atoms with van der Waals surface area (Å²) < 4.78 is 15.7. The number of hydrogen-bond donors (Lipinski definition) is 0. The molecule has 0 unspecified atom stereocenters. The molecule has 2 aromatic rings. The SMILES string of the molecule is N#Cc1cc(F)ccc1Cn1nnn(C2CCCC2)c1=O. The largest absolute Gasteiger partial charge is 0.364 e. The predicted molar refractivity (Wildman–Crippen MR) is 72.0 cm³/mol. The second-order valence-corrected chi connectivity index (χ2v) is 5.22. The van der Waals surface area contributed by atoms with Crippen molar-refractivity contribution in [3.63, 3.8) is 0 Å². The van der Waals surface area contributed by atoms with E-state index < -0.39 is 5.82 Å². The summed E-state index contributed by atoms with van der Waals surface area (Å²) in [5, 5.41) is 16.8. The van der Waals surface area contributed by atoms with Crippen LogP contribution in [0, 0.1) is 17.1 Å². The van der Waals surface area contributed by atoms with E-state index in [9.17, 15) is 9.18 Å². The lowest BCUT2D eigenvalue weighted by Gasteiger charge is -2.06. The standard InChI is InChI=1S/C14H14FN5O/c15-12-6-5-10(11(7-12)8-16)9-19-14(21)20(18-17-19)13-3-1-2-4-13/h5-7,13H,1-4,9H2. The summed E-state index contributed by atoms with van der Waals surface area (Å²) >= 11 is 0. The molecule has 7 heteroatoms. The number of rotatable bonds is 3. The van der Waals surface area contributed by atoms with Crippen molar-refractivity contribution in [2.75, 3.05) is 0 Å². The van der Waals surface area contributed by atoms with Gasteiger partial charge in [0.2, 0.25) is 0 Å². The Labute approximate surface area is 120 Å². The molecule has 1 aromatic carbocycles. The number of benzene rings is 1. The molecule has 1 aromatic heterocycles.